The molecule has 1 amide bonds. The van der Waals surface area contributed by atoms with Crippen molar-refractivity contribution in [1.82, 2.24) is 14.9 Å². The minimum atomic E-state index is -0.0157. The van der Waals surface area contributed by atoms with E-state index >= 15 is 0 Å². The normalized spacial score (nSPS) is 11.0. The van der Waals surface area contributed by atoms with Crippen LogP contribution in [0.25, 0.3) is 22.4 Å². The van der Waals surface area contributed by atoms with Crippen molar-refractivity contribution in [3.05, 3.63) is 54.1 Å². The number of rotatable bonds is 8. The van der Waals surface area contributed by atoms with Gasteiger partial charge in [-0.1, -0.05) is 42.0 Å². The summed E-state index contributed by atoms with van der Waals surface area (Å²) in [6, 6.07) is 16.1. The van der Waals surface area contributed by atoms with Crippen molar-refractivity contribution in [1.29, 1.82) is 0 Å². The van der Waals surface area contributed by atoms with E-state index in [1.54, 1.807) is 0 Å². The van der Waals surface area contributed by atoms with Gasteiger partial charge in [0.2, 0.25) is 5.91 Å². The molecule has 1 heterocycles. The van der Waals surface area contributed by atoms with E-state index in [2.05, 4.69) is 24.4 Å². The average molecular weight is 351 g/mol. The fourth-order valence-corrected chi connectivity index (χ4v) is 2.90. The molecule has 3 aromatic rings. The molecule has 2 aromatic carbocycles. The topological polar surface area (TPSA) is 56.1 Å². The van der Waals surface area contributed by atoms with Crippen molar-refractivity contribution >= 4 is 16.9 Å². The number of ether oxygens (including phenoxy) is 1. The number of carbonyl (C=O) groups excluding carboxylic acids is 1. The monoisotopic (exact) mass is 351 g/mol. The number of aromatic nitrogens is 2. The van der Waals surface area contributed by atoms with Gasteiger partial charge in [0.05, 0.1) is 11.0 Å². The number of para-hydroxylation sites is 2. The summed E-state index contributed by atoms with van der Waals surface area (Å²) < 4.78 is 7.28. The van der Waals surface area contributed by atoms with Gasteiger partial charge in [0, 0.05) is 25.3 Å². The summed E-state index contributed by atoms with van der Waals surface area (Å²) >= 11 is 0. The Morgan fingerprint density at radius 2 is 1.92 bits per heavy atom. The average Bonchev–Trinajstić information content (AvgIpc) is 3.01. The first kappa shape index (κ1) is 18.1. The summed E-state index contributed by atoms with van der Waals surface area (Å²) in [7, 11) is 0. The summed E-state index contributed by atoms with van der Waals surface area (Å²) in [5.74, 6) is 0.800. The molecule has 0 fully saturated rings. The molecule has 0 spiro atoms. The molecule has 0 radical (unpaired) electrons. The predicted octanol–water partition coefficient (Wildman–Crippen LogP) is 3.55. The van der Waals surface area contributed by atoms with Crippen molar-refractivity contribution < 1.29 is 9.53 Å². The SMILES string of the molecule is CCOCCCNC(=O)Cn1c(-c2ccc(C)cc2)nc2ccccc21. The molecule has 0 saturated carbocycles. The van der Waals surface area contributed by atoms with Crippen molar-refractivity contribution in [3.63, 3.8) is 0 Å². The maximum absolute atomic E-state index is 12.4. The maximum atomic E-state index is 12.4. The highest BCUT2D eigenvalue weighted by molar-refractivity contribution is 5.84. The summed E-state index contributed by atoms with van der Waals surface area (Å²) in [6.45, 7) is 6.26. The molecule has 5 heteroatoms. The van der Waals surface area contributed by atoms with Gasteiger partial charge in [0.1, 0.15) is 12.4 Å². The highest BCUT2D eigenvalue weighted by atomic mass is 16.5. The standard InChI is InChI=1S/C21H25N3O2/c1-3-26-14-6-13-22-20(25)15-24-19-8-5-4-7-18(19)23-21(24)17-11-9-16(2)10-12-17/h4-5,7-12H,3,6,13-15H2,1-2H3,(H,22,25). The Morgan fingerprint density at radius 3 is 2.69 bits per heavy atom. The Kier molecular flexibility index (Phi) is 6.02. The maximum Gasteiger partial charge on any atom is 0.240 e. The smallest absolute Gasteiger partial charge is 0.240 e. The molecule has 1 N–H and O–H groups in total. The number of hydrogen-bond acceptors (Lipinski definition) is 3. The third-order valence-electron chi connectivity index (χ3n) is 4.26. The first-order valence-corrected chi connectivity index (χ1v) is 9.06. The lowest BCUT2D eigenvalue weighted by Crippen LogP contribution is -2.29. The van der Waals surface area contributed by atoms with Gasteiger partial charge in [0.15, 0.2) is 0 Å². The zero-order valence-electron chi connectivity index (χ0n) is 15.4. The molecular weight excluding hydrogens is 326 g/mol. The number of carbonyl (C=O) groups is 1. The molecule has 3 rings (SSSR count). The summed E-state index contributed by atoms with van der Waals surface area (Å²) in [6.07, 6.45) is 0.815. The summed E-state index contributed by atoms with van der Waals surface area (Å²) in [5, 5.41) is 2.96. The second-order valence-electron chi connectivity index (χ2n) is 6.28. The van der Waals surface area contributed by atoms with Crippen LogP contribution in [0, 0.1) is 6.92 Å². The molecule has 0 unspecified atom stereocenters. The Morgan fingerprint density at radius 1 is 1.15 bits per heavy atom. The lowest BCUT2D eigenvalue weighted by Gasteiger charge is -2.10. The van der Waals surface area contributed by atoms with E-state index in [0.29, 0.717) is 19.8 Å². The van der Waals surface area contributed by atoms with Crippen LogP contribution in [-0.2, 0) is 16.1 Å². The molecule has 1 aromatic heterocycles. The molecular formula is C21H25N3O2. The van der Waals surface area contributed by atoms with Crippen LogP contribution in [0.15, 0.2) is 48.5 Å². The van der Waals surface area contributed by atoms with Gasteiger partial charge >= 0.3 is 0 Å². The fourth-order valence-electron chi connectivity index (χ4n) is 2.90. The van der Waals surface area contributed by atoms with E-state index in [9.17, 15) is 4.79 Å². The largest absolute Gasteiger partial charge is 0.382 e. The molecule has 0 saturated heterocycles. The first-order chi connectivity index (χ1) is 12.7. The van der Waals surface area contributed by atoms with E-state index in [1.807, 2.05) is 47.9 Å². The molecule has 5 nitrogen and oxygen atoms in total. The number of nitrogens with zero attached hydrogens (tertiary/aromatic N) is 2. The number of hydrogen-bond donors (Lipinski definition) is 1. The van der Waals surface area contributed by atoms with Crippen molar-refractivity contribution in [2.75, 3.05) is 19.8 Å². The minimum absolute atomic E-state index is 0.0157. The Labute approximate surface area is 154 Å². The molecule has 0 bridgehead atoms. The number of benzene rings is 2. The molecule has 26 heavy (non-hydrogen) atoms. The predicted molar refractivity (Wildman–Crippen MR) is 104 cm³/mol. The van der Waals surface area contributed by atoms with Crippen LogP contribution in [0.3, 0.4) is 0 Å². The van der Waals surface area contributed by atoms with Gasteiger partial charge in [0.25, 0.3) is 0 Å². The molecule has 0 aliphatic rings. The minimum Gasteiger partial charge on any atom is -0.382 e. The fraction of sp³-hybridized carbons (Fsp3) is 0.333. The Bertz CT molecular complexity index is 869. The van der Waals surface area contributed by atoms with E-state index in [4.69, 9.17) is 9.72 Å². The van der Waals surface area contributed by atoms with Gasteiger partial charge < -0.3 is 14.6 Å². The number of nitrogens with one attached hydrogen (secondary N) is 1. The van der Waals surface area contributed by atoms with Crippen LogP contribution < -0.4 is 5.32 Å². The Balaban J connectivity index is 1.81. The van der Waals surface area contributed by atoms with Crippen LogP contribution in [0.2, 0.25) is 0 Å². The van der Waals surface area contributed by atoms with E-state index in [1.165, 1.54) is 5.56 Å². The van der Waals surface area contributed by atoms with Crippen LogP contribution in [0.4, 0.5) is 0 Å². The zero-order chi connectivity index (χ0) is 18.4. The van der Waals surface area contributed by atoms with Gasteiger partial charge in [-0.3, -0.25) is 4.79 Å². The van der Waals surface area contributed by atoms with Gasteiger partial charge in [-0.25, -0.2) is 4.98 Å². The van der Waals surface area contributed by atoms with Crippen LogP contribution >= 0.6 is 0 Å². The Hall–Kier alpha value is -2.66. The zero-order valence-corrected chi connectivity index (χ0v) is 15.4. The van der Waals surface area contributed by atoms with Crippen molar-refractivity contribution in [3.8, 4) is 11.4 Å². The molecule has 136 valence electrons. The van der Waals surface area contributed by atoms with Crippen LogP contribution in [-0.4, -0.2) is 35.2 Å². The highest BCUT2D eigenvalue weighted by Crippen LogP contribution is 2.25. The molecule has 0 atom stereocenters. The number of amides is 1. The number of aryl methyl sites for hydroxylation is 1. The second-order valence-corrected chi connectivity index (χ2v) is 6.28. The van der Waals surface area contributed by atoms with Gasteiger partial charge in [-0.15, -0.1) is 0 Å². The summed E-state index contributed by atoms with van der Waals surface area (Å²) in [5.41, 5.74) is 4.07. The van der Waals surface area contributed by atoms with E-state index in [0.717, 1.165) is 28.8 Å². The van der Waals surface area contributed by atoms with E-state index < -0.39 is 0 Å². The summed E-state index contributed by atoms with van der Waals surface area (Å²) in [4.78, 5) is 17.2. The highest BCUT2D eigenvalue weighted by Gasteiger charge is 2.14. The van der Waals surface area contributed by atoms with Crippen LogP contribution in [0.1, 0.15) is 18.9 Å². The second kappa shape index (κ2) is 8.63. The van der Waals surface area contributed by atoms with Crippen molar-refractivity contribution in [2.24, 2.45) is 0 Å². The quantitative estimate of drug-likeness (QED) is 0.632. The van der Waals surface area contributed by atoms with Gasteiger partial charge in [-0.05, 0) is 32.4 Å². The first-order valence-electron chi connectivity index (χ1n) is 9.06. The third-order valence-corrected chi connectivity index (χ3v) is 4.26. The lowest BCUT2D eigenvalue weighted by atomic mass is 10.1. The molecule has 0 aliphatic carbocycles. The number of imidazole rings is 1. The van der Waals surface area contributed by atoms with Crippen molar-refractivity contribution in [2.45, 2.75) is 26.8 Å². The third kappa shape index (κ3) is 4.29. The lowest BCUT2D eigenvalue weighted by molar-refractivity contribution is -0.121. The number of fused-ring (bicyclic) bond motifs is 1. The van der Waals surface area contributed by atoms with E-state index in [-0.39, 0.29) is 12.5 Å². The van der Waals surface area contributed by atoms with Crippen LogP contribution in [0.5, 0.6) is 0 Å². The van der Waals surface area contributed by atoms with Gasteiger partial charge in [-0.2, -0.15) is 0 Å². The molecule has 0 aliphatic heterocycles.